The summed E-state index contributed by atoms with van der Waals surface area (Å²) >= 11 is 0. The van der Waals surface area contributed by atoms with E-state index in [1.165, 1.54) is 31.5 Å². The van der Waals surface area contributed by atoms with E-state index in [0.717, 1.165) is 24.9 Å². The van der Waals surface area contributed by atoms with Crippen molar-refractivity contribution >= 4 is 5.78 Å². The van der Waals surface area contributed by atoms with Gasteiger partial charge in [-0.25, -0.2) is 4.98 Å². The van der Waals surface area contributed by atoms with Gasteiger partial charge in [0.15, 0.2) is 5.78 Å². The second kappa shape index (κ2) is 6.53. The van der Waals surface area contributed by atoms with Crippen LogP contribution in [0.4, 0.5) is 0 Å². The summed E-state index contributed by atoms with van der Waals surface area (Å²) in [6, 6.07) is 3.10. The number of rotatable bonds is 3. The van der Waals surface area contributed by atoms with Crippen LogP contribution in [-0.4, -0.2) is 40.4 Å². The third-order valence-corrected chi connectivity index (χ3v) is 4.20. The van der Waals surface area contributed by atoms with Crippen molar-refractivity contribution in [3.05, 3.63) is 24.0 Å². The van der Waals surface area contributed by atoms with Crippen molar-refractivity contribution in [2.24, 2.45) is 11.8 Å². The van der Waals surface area contributed by atoms with Crippen molar-refractivity contribution in [1.29, 1.82) is 0 Å². The van der Waals surface area contributed by atoms with Gasteiger partial charge in [0.1, 0.15) is 11.4 Å². The Morgan fingerprint density at radius 1 is 1.30 bits per heavy atom. The SMILES string of the molecule is C#C.O=C(CN1C[C@H]2CCC[C@H]2C1)c1ccc(O)cn1. The average molecular weight is 272 g/mol. The molecule has 1 aromatic rings. The van der Waals surface area contributed by atoms with Gasteiger partial charge in [0, 0.05) is 13.1 Å². The Kier molecular flexibility index (Phi) is 4.75. The molecule has 0 spiro atoms. The average Bonchev–Trinajstić information content (AvgIpc) is 3.02. The van der Waals surface area contributed by atoms with Gasteiger partial charge in [-0.3, -0.25) is 9.69 Å². The molecule has 4 nitrogen and oxygen atoms in total. The molecule has 0 unspecified atom stereocenters. The van der Waals surface area contributed by atoms with Crippen LogP contribution in [-0.2, 0) is 0 Å². The molecule has 2 fully saturated rings. The molecule has 0 radical (unpaired) electrons. The summed E-state index contributed by atoms with van der Waals surface area (Å²) in [6.45, 7) is 2.59. The zero-order chi connectivity index (χ0) is 14.5. The van der Waals surface area contributed by atoms with E-state index < -0.39 is 0 Å². The van der Waals surface area contributed by atoms with Gasteiger partial charge in [0.2, 0.25) is 0 Å². The molecule has 4 heteroatoms. The lowest BCUT2D eigenvalue weighted by atomic mass is 10.0. The molecule has 2 aliphatic rings. The molecule has 1 N–H and O–H groups in total. The standard InChI is InChI=1S/C14H18N2O2.C2H2/c17-12-4-5-13(15-6-12)14(18)9-16-7-10-2-1-3-11(10)8-16;1-2/h4-6,10-11,17H,1-3,7-9H2;1-2H/t10-,11+;. The van der Waals surface area contributed by atoms with E-state index in [1.807, 2.05) is 0 Å². The summed E-state index contributed by atoms with van der Waals surface area (Å²) in [5, 5.41) is 9.15. The van der Waals surface area contributed by atoms with Crippen LogP contribution < -0.4 is 0 Å². The topological polar surface area (TPSA) is 53.4 Å². The van der Waals surface area contributed by atoms with Crippen LogP contribution in [0.1, 0.15) is 29.8 Å². The highest BCUT2D eigenvalue weighted by molar-refractivity contribution is 5.95. The number of nitrogens with zero attached hydrogens (tertiary/aromatic N) is 2. The monoisotopic (exact) mass is 272 g/mol. The van der Waals surface area contributed by atoms with Gasteiger partial charge in [-0.05, 0) is 36.8 Å². The molecule has 0 bridgehead atoms. The first-order valence-corrected chi connectivity index (χ1v) is 6.96. The van der Waals surface area contributed by atoms with E-state index in [-0.39, 0.29) is 11.5 Å². The Bertz CT molecular complexity index is 469. The van der Waals surface area contributed by atoms with E-state index in [2.05, 4.69) is 22.7 Å². The van der Waals surface area contributed by atoms with Crippen molar-refractivity contribution in [2.75, 3.05) is 19.6 Å². The first kappa shape index (κ1) is 14.5. The number of pyridine rings is 1. The molecule has 0 aromatic carbocycles. The molecule has 106 valence electrons. The lowest BCUT2D eigenvalue weighted by molar-refractivity contribution is 0.0936. The Labute approximate surface area is 119 Å². The number of aromatic hydroxyl groups is 1. The molecular formula is C16H20N2O2. The maximum absolute atomic E-state index is 12.0. The number of hydrogen-bond acceptors (Lipinski definition) is 4. The number of carbonyl (C=O) groups is 1. The minimum atomic E-state index is 0.0509. The number of ketones is 1. The summed E-state index contributed by atoms with van der Waals surface area (Å²) in [7, 11) is 0. The first-order chi connectivity index (χ1) is 9.72. The Morgan fingerprint density at radius 2 is 1.95 bits per heavy atom. The summed E-state index contributed by atoms with van der Waals surface area (Å²) in [5.41, 5.74) is 0.449. The van der Waals surface area contributed by atoms with Gasteiger partial charge in [-0.2, -0.15) is 0 Å². The Balaban J connectivity index is 0.000000704. The van der Waals surface area contributed by atoms with E-state index >= 15 is 0 Å². The molecule has 2 atom stereocenters. The molecule has 1 aliphatic carbocycles. The maximum atomic E-state index is 12.0. The van der Waals surface area contributed by atoms with Gasteiger partial charge < -0.3 is 5.11 Å². The highest BCUT2D eigenvalue weighted by Crippen LogP contribution is 2.37. The molecular weight excluding hydrogens is 252 g/mol. The van der Waals surface area contributed by atoms with Crippen molar-refractivity contribution in [3.63, 3.8) is 0 Å². The largest absolute Gasteiger partial charge is 0.506 e. The molecule has 1 aromatic heterocycles. The fourth-order valence-electron chi connectivity index (χ4n) is 3.30. The van der Waals surface area contributed by atoms with Gasteiger partial charge in [0.05, 0.1) is 12.7 Å². The number of likely N-dealkylation sites (tertiary alicyclic amines) is 1. The van der Waals surface area contributed by atoms with Crippen LogP contribution in [0.15, 0.2) is 18.3 Å². The zero-order valence-electron chi connectivity index (χ0n) is 11.5. The van der Waals surface area contributed by atoms with Crippen molar-refractivity contribution < 1.29 is 9.90 Å². The number of terminal acetylenes is 1. The van der Waals surface area contributed by atoms with Crippen LogP contribution in [0.25, 0.3) is 0 Å². The Morgan fingerprint density at radius 3 is 2.50 bits per heavy atom. The first-order valence-electron chi connectivity index (χ1n) is 6.96. The fraction of sp³-hybridized carbons (Fsp3) is 0.500. The molecule has 1 aliphatic heterocycles. The van der Waals surface area contributed by atoms with Crippen LogP contribution >= 0.6 is 0 Å². The Hall–Kier alpha value is -1.86. The number of Topliss-reactive ketones (excluding diaryl/α,β-unsaturated/α-hetero) is 1. The van der Waals surface area contributed by atoms with E-state index in [0.29, 0.717) is 12.2 Å². The van der Waals surface area contributed by atoms with E-state index in [1.54, 1.807) is 6.07 Å². The normalized spacial score (nSPS) is 24.7. The van der Waals surface area contributed by atoms with Gasteiger partial charge >= 0.3 is 0 Å². The number of carbonyl (C=O) groups excluding carboxylic acids is 1. The number of hydrogen-bond donors (Lipinski definition) is 1. The second-order valence-electron chi connectivity index (χ2n) is 5.47. The summed E-state index contributed by atoms with van der Waals surface area (Å²) in [6.07, 6.45) is 13.3. The quantitative estimate of drug-likeness (QED) is 0.675. The van der Waals surface area contributed by atoms with Crippen LogP contribution in [0, 0.1) is 24.7 Å². The fourth-order valence-corrected chi connectivity index (χ4v) is 3.30. The molecule has 1 saturated heterocycles. The lowest BCUT2D eigenvalue weighted by Crippen LogP contribution is -2.29. The molecule has 20 heavy (non-hydrogen) atoms. The van der Waals surface area contributed by atoms with Crippen LogP contribution in [0.2, 0.25) is 0 Å². The third-order valence-electron chi connectivity index (χ3n) is 4.20. The third kappa shape index (κ3) is 3.17. The summed E-state index contributed by atoms with van der Waals surface area (Å²) in [4.78, 5) is 18.3. The number of fused-ring (bicyclic) bond motifs is 1. The molecule has 1 saturated carbocycles. The molecule has 3 rings (SSSR count). The number of aromatic nitrogens is 1. The van der Waals surface area contributed by atoms with Crippen molar-refractivity contribution in [1.82, 2.24) is 9.88 Å². The predicted octanol–water partition coefficient (Wildman–Crippen LogP) is 1.95. The van der Waals surface area contributed by atoms with Crippen molar-refractivity contribution in [2.45, 2.75) is 19.3 Å². The maximum Gasteiger partial charge on any atom is 0.195 e. The summed E-state index contributed by atoms with van der Waals surface area (Å²) < 4.78 is 0. The molecule has 0 amide bonds. The minimum Gasteiger partial charge on any atom is -0.506 e. The smallest absolute Gasteiger partial charge is 0.195 e. The zero-order valence-corrected chi connectivity index (χ0v) is 11.5. The van der Waals surface area contributed by atoms with Crippen molar-refractivity contribution in [3.8, 4) is 18.6 Å². The van der Waals surface area contributed by atoms with Gasteiger partial charge in [-0.15, -0.1) is 12.8 Å². The van der Waals surface area contributed by atoms with Gasteiger partial charge in [0.25, 0.3) is 0 Å². The highest BCUT2D eigenvalue weighted by Gasteiger charge is 2.36. The highest BCUT2D eigenvalue weighted by atomic mass is 16.3. The van der Waals surface area contributed by atoms with E-state index in [9.17, 15) is 4.79 Å². The van der Waals surface area contributed by atoms with Crippen LogP contribution in [0.5, 0.6) is 5.75 Å². The van der Waals surface area contributed by atoms with E-state index in [4.69, 9.17) is 5.11 Å². The van der Waals surface area contributed by atoms with Crippen LogP contribution in [0.3, 0.4) is 0 Å². The molecule has 2 heterocycles. The lowest BCUT2D eigenvalue weighted by Gasteiger charge is -2.15. The van der Waals surface area contributed by atoms with Gasteiger partial charge in [-0.1, -0.05) is 6.42 Å². The predicted molar refractivity (Wildman–Crippen MR) is 77.4 cm³/mol. The minimum absolute atomic E-state index is 0.0509. The summed E-state index contributed by atoms with van der Waals surface area (Å²) in [5.74, 6) is 1.77. The second-order valence-corrected chi connectivity index (χ2v) is 5.47.